The lowest BCUT2D eigenvalue weighted by atomic mass is 9.69. The van der Waals surface area contributed by atoms with Gasteiger partial charge in [-0.1, -0.05) is 78.9 Å². The Labute approximate surface area is 164 Å². The summed E-state index contributed by atoms with van der Waals surface area (Å²) in [7, 11) is 0. The van der Waals surface area contributed by atoms with Gasteiger partial charge in [-0.25, -0.2) is 0 Å². The van der Waals surface area contributed by atoms with E-state index in [4.69, 9.17) is 4.74 Å². The minimum atomic E-state index is -0.712. The Kier molecular flexibility index (Phi) is 5.30. The minimum absolute atomic E-state index is 0.0525. The van der Waals surface area contributed by atoms with Crippen LogP contribution in [0.15, 0.2) is 95.9 Å². The molecule has 0 saturated carbocycles. The molecule has 4 rings (SSSR count). The van der Waals surface area contributed by atoms with Crippen LogP contribution in [0, 0.1) is 0 Å². The van der Waals surface area contributed by atoms with Gasteiger partial charge in [-0.15, -0.1) is 11.8 Å². The summed E-state index contributed by atoms with van der Waals surface area (Å²) in [5.41, 5.74) is 1.31. The maximum Gasteiger partial charge on any atom is 0.321 e. The quantitative estimate of drug-likeness (QED) is 0.437. The molecule has 3 aromatic carbocycles. The fourth-order valence-corrected chi connectivity index (χ4v) is 4.71. The van der Waals surface area contributed by atoms with Crippen LogP contribution < -0.4 is 0 Å². The smallest absolute Gasteiger partial charge is 0.321 e. The molecule has 3 heteroatoms. The van der Waals surface area contributed by atoms with Crippen molar-refractivity contribution in [3.63, 3.8) is 0 Å². The van der Waals surface area contributed by atoms with Gasteiger partial charge in [0, 0.05) is 10.6 Å². The summed E-state index contributed by atoms with van der Waals surface area (Å²) in [5.74, 6) is 0.653. The van der Waals surface area contributed by atoms with E-state index in [2.05, 4.69) is 12.1 Å². The Morgan fingerprint density at radius 1 is 0.815 bits per heavy atom. The van der Waals surface area contributed by atoms with Crippen LogP contribution in [-0.4, -0.2) is 17.8 Å². The number of benzene rings is 3. The summed E-state index contributed by atoms with van der Waals surface area (Å²) in [6.07, 6.45) is 1.57. The number of hydrogen-bond donors (Lipinski definition) is 0. The molecule has 3 aromatic rings. The number of cyclic esters (lactones) is 1. The zero-order chi connectivity index (χ0) is 18.5. The van der Waals surface area contributed by atoms with Crippen LogP contribution in [0.5, 0.6) is 0 Å². The van der Waals surface area contributed by atoms with Crippen molar-refractivity contribution in [1.29, 1.82) is 0 Å². The molecule has 0 aromatic heterocycles. The molecule has 1 saturated heterocycles. The topological polar surface area (TPSA) is 26.3 Å². The number of hydrogen-bond acceptors (Lipinski definition) is 3. The first-order chi connectivity index (χ1) is 13.3. The third-order valence-corrected chi connectivity index (χ3v) is 6.32. The van der Waals surface area contributed by atoms with E-state index in [0.717, 1.165) is 29.7 Å². The highest BCUT2D eigenvalue weighted by molar-refractivity contribution is 7.99. The second-order valence-corrected chi connectivity index (χ2v) is 7.92. The average Bonchev–Trinajstić information content (AvgIpc) is 2.74. The molecule has 0 spiro atoms. The Bertz CT molecular complexity index is 839. The predicted molar refractivity (Wildman–Crippen MR) is 110 cm³/mol. The van der Waals surface area contributed by atoms with E-state index in [0.29, 0.717) is 0 Å². The summed E-state index contributed by atoms with van der Waals surface area (Å²) >= 11 is 1.74. The van der Waals surface area contributed by atoms with E-state index in [1.807, 2.05) is 78.9 Å². The van der Waals surface area contributed by atoms with E-state index in [-0.39, 0.29) is 12.1 Å². The highest BCUT2D eigenvalue weighted by Crippen LogP contribution is 2.42. The Morgan fingerprint density at radius 2 is 1.33 bits per heavy atom. The van der Waals surface area contributed by atoms with Crippen molar-refractivity contribution < 1.29 is 9.53 Å². The van der Waals surface area contributed by atoms with E-state index in [9.17, 15) is 4.79 Å². The molecule has 27 heavy (non-hydrogen) atoms. The van der Waals surface area contributed by atoms with E-state index >= 15 is 0 Å². The number of thioether (sulfide) groups is 1. The normalized spacial score (nSPS) is 18.7. The second-order valence-electron chi connectivity index (χ2n) is 6.83. The van der Waals surface area contributed by atoms with Gasteiger partial charge in [0.25, 0.3) is 0 Å². The zero-order valence-corrected chi connectivity index (χ0v) is 15.9. The van der Waals surface area contributed by atoms with Crippen molar-refractivity contribution in [2.45, 2.75) is 29.3 Å². The van der Waals surface area contributed by atoms with Gasteiger partial charge < -0.3 is 4.74 Å². The van der Waals surface area contributed by atoms with Gasteiger partial charge in [-0.3, -0.25) is 4.79 Å². The molecular formula is C24H22O2S. The molecule has 0 N–H and O–H groups in total. The molecule has 2 nitrogen and oxygen atoms in total. The third-order valence-electron chi connectivity index (χ3n) is 5.18. The summed E-state index contributed by atoms with van der Waals surface area (Å²) in [5, 5.41) is 0. The Hall–Kier alpha value is -2.52. The summed E-state index contributed by atoms with van der Waals surface area (Å²) in [4.78, 5) is 14.5. The van der Waals surface area contributed by atoms with Crippen molar-refractivity contribution in [2.24, 2.45) is 0 Å². The molecule has 0 unspecified atom stereocenters. The SMILES string of the molecule is O=C1O[C@@H](CSc2ccccc2)CCC1(c1ccccc1)c1ccccc1. The van der Waals surface area contributed by atoms with Crippen LogP contribution in [0.3, 0.4) is 0 Å². The van der Waals surface area contributed by atoms with Gasteiger partial charge in [0.05, 0.1) is 0 Å². The Balaban J connectivity index is 1.57. The van der Waals surface area contributed by atoms with Gasteiger partial charge >= 0.3 is 5.97 Å². The number of rotatable bonds is 5. The summed E-state index contributed by atoms with van der Waals surface area (Å²) in [6, 6.07) is 30.3. The summed E-state index contributed by atoms with van der Waals surface area (Å²) < 4.78 is 5.97. The molecule has 0 bridgehead atoms. The molecule has 1 fully saturated rings. The minimum Gasteiger partial charge on any atom is -0.461 e. The van der Waals surface area contributed by atoms with Gasteiger partial charge in [0.1, 0.15) is 11.5 Å². The number of carbonyl (C=O) groups excluding carboxylic acids is 1. The average molecular weight is 375 g/mol. The number of ether oxygens (including phenoxy) is 1. The fourth-order valence-electron chi connectivity index (χ4n) is 3.75. The molecular weight excluding hydrogens is 352 g/mol. The van der Waals surface area contributed by atoms with Crippen molar-refractivity contribution >= 4 is 17.7 Å². The first-order valence-corrected chi connectivity index (χ1v) is 10.3. The molecule has 1 atom stereocenters. The van der Waals surface area contributed by atoms with Crippen molar-refractivity contribution in [1.82, 2.24) is 0 Å². The number of esters is 1. The predicted octanol–water partition coefficient (Wildman–Crippen LogP) is 5.47. The molecule has 0 amide bonds. The van der Waals surface area contributed by atoms with Crippen LogP contribution >= 0.6 is 11.8 Å². The van der Waals surface area contributed by atoms with E-state index in [1.54, 1.807) is 11.8 Å². The molecule has 136 valence electrons. The maximum atomic E-state index is 13.3. The largest absolute Gasteiger partial charge is 0.461 e. The molecule has 1 aliphatic rings. The fraction of sp³-hybridized carbons (Fsp3) is 0.208. The molecule has 0 radical (unpaired) electrons. The third kappa shape index (κ3) is 3.65. The first-order valence-electron chi connectivity index (χ1n) is 9.29. The lowest BCUT2D eigenvalue weighted by Gasteiger charge is -2.39. The van der Waals surface area contributed by atoms with Gasteiger partial charge in [0.15, 0.2) is 0 Å². The van der Waals surface area contributed by atoms with Crippen LogP contribution in [0.1, 0.15) is 24.0 Å². The molecule has 0 aliphatic carbocycles. The van der Waals surface area contributed by atoms with E-state index < -0.39 is 5.41 Å². The molecule has 1 aliphatic heterocycles. The standard InChI is InChI=1S/C24H22O2S/c25-23-24(19-10-4-1-5-11-19,20-12-6-2-7-13-20)17-16-21(26-23)18-27-22-14-8-3-9-15-22/h1-15,21H,16-18H2/t21-/m1/s1. The molecule has 1 heterocycles. The van der Waals surface area contributed by atoms with Crippen LogP contribution in [0.4, 0.5) is 0 Å². The van der Waals surface area contributed by atoms with Gasteiger partial charge in [-0.2, -0.15) is 0 Å². The highest BCUT2D eigenvalue weighted by Gasteiger charge is 2.47. The second kappa shape index (κ2) is 8.01. The Morgan fingerprint density at radius 3 is 1.85 bits per heavy atom. The van der Waals surface area contributed by atoms with Crippen LogP contribution in [0.2, 0.25) is 0 Å². The van der Waals surface area contributed by atoms with Crippen molar-refractivity contribution in [2.75, 3.05) is 5.75 Å². The maximum absolute atomic E-state index is 13.3. The zero-order valence-electron chi connectivity index (χ0n) is 15.1. The highest BCUT2D eigenvalue weighted by atomic mass is 32.2. The van der Waals surface area contributed by atoms with Gasteiger partial charge in [0.2, 0.25) is 0 Å². The lowest BCUT2D eigenvalue weighted by molar-refractivity contribution is -0.159. The monoisotopic (exact) mass is 374 g/mol. The van der Waals surface area contributed by atoms with Crippen LogP contribution in [-0.2, 0) is 14.9 Å². The van der Waals surface area contributed by atoms with Crippen molar-refractivity contribution in [3.05, 3.63) is 102 Å². The van der Waals surface area contributed by atoms with Crippen LogP contribution in [0.25, 0.3) is 0 Å². The first kappa shape index (κ1) is 17.9. The lowest BCUT2D eigenvalue weighted by Crippen LogP contribution is -2.46. The van der Waals surface area contributed by atoms with Crippen molar-refractivity contribution in [3.8, 4) is 0 Å². The number of carbonyl (C=O) groups is 1. The summed E-state index contributed by atoms with van der Waals surface area (Å²) in [6.45, 7) is 0. The van der Waals surface area contributed by atoms with E-state index in [1.165, 1.54) is 4.90 Å². The van der Waals surface area contributed by atoms with Gasteiger partial charge in [-0.05, 0) is 36.1 Å².